The summed E-state index contributed by atoms with van der Waals surface area (Å²) >= 11 is 5.99. The molecule has 154 valence electrons. The molecule has 0 aliphatic rings. The molecule has 1 N–H and O–H groups in total. The van der Waals surface area contributed by atoms with E-state index in [0.29, 0.717) is 22.9 Å². The monoisotopic (exact) mass is 432 g/mol. The molecule has 1 amide bonds. The number of nitrogens with one attached hydrogen (secondary N) is 1. The van der Waals surface area contributed by atoms with Crippen molar-refractivity contribution in [3.63, 3.8) is 0 Å². The third-order valence-corrected chi connectivity index (χ3v) is 4.72. The summed E-state index contributed by atoms with van der Waals surface area (Å²) in [4.78, 5) is 12.3. The molecule has 0 radical (unpaired) electrons. The lowest BCUT2D eigenvalue weighted by Gasteiger charge is -2.15. The summed E-state index contributed by atoms with van der Waals surface area (Å²) in [5.74, 6) is -0.942. The van der Waals surface area contributed by atoms with Gasteiger partial charge in [0.05, 0.1) is 41.3 Å². The summed E-state index contributed by atoms with van der Waals surface area (Å²) in [6.45, 7) is 1.66. The number of carbonyl (C=O) groups excluding carboxylic acids is 1. The van der Waals surface area contributed by atoms with Gasteiger partial charge < -0.3 is 14.3 Å². The minimum Gasteiger partial charge on any atom is -0.461 e. The molecule has 1 aromatic carbocycles. The van der Waals surface area contributed by atoms with Gasteiger partial charge in [0.2, 0.25) is 11.7 Å². The smallest absolute Gasteiger partial charge is 0.230 e. The Morgan fingerprint density at radius 1 is 1.30 bits per heavy atom. The number of hydrogen-bond donors (Lipinski definition) is 1. The van der Waals surface area contributed by atoms with Gasteiger partial charge in [-0.1, -0.05) is 16.8 Å². The van der Waals surface area contributed by atoms with Gasteiger partial charge in [0.15, 0.2) is 5.76 Å². The van der Waals surface area contributed by atoms with Crippen molar-refractivity contribution in [2.24, 2.45) is 0 Å². The Kier molecular flexibility index (Phi) is 5.37. The molecule has 1 unspecified atom stereocenters. The number of carbonyl (C=O) groups is 1. The first-order chi connectivity index (χ1) is 14.4. The largest absolute Gasteiger partial charge is 0.461 e. The van der Waals surface area contributed by atoms with E-state index >= 15 is 0 Å². The van der Waals surface area contributed by atoms with Gasteiger partial charge in [-0.15, -0.1) is 0 Å². The van der Waals surface area contributed by atoms with Crippen LogP contribution in [0.5, 0.6) is 0 Å². The number of furan rings is 1. The van der Waals surface area contributed by atoms with E-state index < -0.39 is 17.7 Å². The van der Waals surface area contributed by atoms with Gasteiger partial charge in [-0.2, -0.15) is 5.10 Å². The summed E-state index contributed by atoms with van der Waals surface area (Å²) in [5, 5.41) is 10.6. The second-order valence-corrected chi connectivity index (χ2v) is 6.96. The van der Waals surface area contributed by atoms with Crippen molar-refractivity contribution in [2.45, 2.75) is 19.4 Å². The van der Waals surface area contributed by atoms with E-state index in [2.05, 4.69) is 15.6 Å². The van der Waals surface area contributed by atoms with Crippen LogP contribution in [-0.4, -0.2) is 20.8 Å². The Hall–Kier alpha value is -3.46. The standard InChI is InChI=1S/C20H15ClF2N4O3/c1-11(20-15(21)5-12(22)6-16(20)23)27-10-14(9-24-27)25-19(28)8-13-7-18(30-26-13)17-3-2-4-29-17/h2-7,9-11H,8H2,1H3,(H,25,28). The van der Waals surface area contributed by atoms with Crippen molar-refractivity contribution >= 4 is 23.2 Å². The molecule has 1 atom stereocenters. The number of amides is 1. The molecule has 7 nitrogen and oxygen atoms in total. The molecule has 0 aliphatic carbocycles. The predicted molar refractivity (Wildman–Crippen MR) is 104 cm³/mol. The predicted octanol–water partition coefficient (Wildman–Crippen LogP) is 4.85. The van der Waals surface area contributed by atoms with Crippen molar-refractivity contribution in [1.82, 2.24) is 14.9 Å². The minimum absolute atomic E-state index is 0.0244. The van der Waals surface area contributed by atoms with Crippen LogP contribution in [0.25, 0.3) is 11.5 Å². The Morgan fingerprint density at radius 3 is 2.87 bits per heavy atom. The summed E-state index contributed by atoms with van der Waals surface area (Å²) in [6.07, 6.45) is 4.43. The highest BCUT2D eigenvalue weighted by atomic mass is 35.5. The van der Waals surface area contributed by atoms with Crippen LogP contribution in [0.2, 0.25) is 5.02 Å². The summed E-state index contributed by atoms with van der Waals surface area (Å²) in [6, 6.07) is 6.24. The summed E-state index contributed by atoms with van der Waals surface area (Å²) in [5.41, 5.74) is 0.937. The lowest BCUT2D eigenvalue weighted by molar-refractivity contribution is -0.115. The van der Waals surface area contributed by atoms with E-state index in [1.165, 1.54) is 23.3 Å². The van der Waals surface area contributed by atoms with Gasteiger partial charge in [0.1, 0.15) is 11.6 Å². The highest BCUT2D eigenvalue weighted by molar-refractivity contribution is 6.31. The van der Waals surface area contributed by atoms with Gasteiger partial charge in [0, 0.05) is 23.9 Å². The number of rotatable bonds is 6. The molecule has 0 aliphatic heterocycles. The molecule has 0 spiro atoms. The van der Waals surface area contributed by atoms with Crippen LogP contribution >= 0.6 is 11.6 Å². The van der Waals surface area contributed by atoms with E-state index in [1.807, 2.05) is 0 Å². The molecule has 4 rings (SSSR count). The lowest BCUT2D eigenvalue weighted by Crippen LogP contribution is -2.14. The maximum absolute atomic E-state index is 14.2. The molecule has 0 saturated heterocycles. The zero-order valence-electron chi connectivity index (χ0n) is 15.6. The normalized spacial score (nSPS) is 12.1. The third-order valence-electron chi connectivity index (χ3n) is 4.41. The lowest BCUT2D eigenvalue weighted by atomic mass is 10.1. The number of halogens is 3. The topological polar surface area (TPSA) is 86.1 Å². The summed E-state index contributed by atoms with van der Waals surface area (Å²) in [7, 11) is 0. The Bertz CT molecular complexity index is 1160. The van der Waals surface area contributed by atoms with Crippen LogP contribution in [0.3, 0.4) is 0 Å². The average Bonchev–Trinajstić information content (AvgIpc) is 3.42. The first kappa shape index (κ1) is 19.8. The zero-order valence-corrected chi connectivity index (χ0v) is 16.4. The van der Waals surface area contributed by atoms with Gasteiger partial charge in [-0.05, 0) is 25.1 Å². The van der Waals surface area contributed by atoms with Gasteiger partial charge in [0.25, 0.3) is 0 Å². The Morgan fingerprint density at radius 2 is 2.13 bits per heavy atom. The Balaban J connectivity index is 1.43. The molecule has 0 fully saturated rings. The van der Waals surface area contributed by atoms with E-state index in [4.69, 9.17) is 20.5 Å². The SMILES string of the molecule is CC(c1c(F)cc(F)cc1Cl)n1cc(NC(=O)Cc2cc(-c3ccco3)on2)cn1. The molecule has 30 heavy (non-hydrogen) atoms. The number of aromatic nitrogens is 3. The number of anilines is 1. The highest BCUT2D eigenvalue weighted by Crippen LogP contribution is 2.29. The molecule has 3 aromatic heterocycles. The van der Waals surface area contributed by atoms with Crippen molar-refractivity contribution in [2.75, 3.05) is 5.32 Å². The van der Waals surface area contributed by atoms with Crippen molar-refractivity contribution < 1.29 is 22.5 Å². The fraction of sp³-hybridized carbons (Fsp3) is 0.150. The fourth-order valence-corrected chi connectivity index (χ4v) is 3.35. The molecular weight excluding hydrogens is 418 g/mol. The molecule has 0 saturated carbocycles. The third kappa shape index (κ3) is 4.11. The van der Waals surface area contributed by atoms with Crippen molar-refractivity contribution in [3.8, 4) is 11.5 Å². The second-order valence-electron chi connectivity index (χ2n) is 6.55. The number of hydrogen-bond acceptors (Lipinski definition) is 5. The van der Waals surface area contributed by atoms with Crippen LogP contribution in [0.1, 0.15) is 24.2 Å². The van der Waals surface area contributed by atoms with Crippen LogP contribution in [0.15, 0.2) is 57.9 Å². The highest BCUT2D eigenvalue weighted by Gasteiger charge is 2.19. The maximum atomic E-state index is 14.2. The first-order valence-corrected chi connectivity index (χ1v) is 9.26. The molecule has 10 heteroatoms. The van der Waals surface area contributed by atoms with Crippen LogP contribution in [0, 0.1) is 11.6 Å². The van der Waals surface area contributed by atoms with E-state index in [1.54, 1.807) is 25.1 Å². The summed E-state index contributed by atoms with van der Waals surface area (Å²) < 4.78 is 39.2. The minimum atomic E-state index is -0.771. The number of benzene rings is 1. The average molecular weight is 433 g/mol. The van der Waals surface area contributed by atoms with E-state index in [-0.39, 0.29) is 22.9 Å². The van der Waals surface area contributed by atoms with Crippen LogP contribution in [-0.2, 0) is 11.2 Å². The van der Waals surface area contributed by atoms with Crippen molar-refractivity contribution in [3.05, 3.63) is 76.9 Å². The molecule has 4 aromatic rings. The van der Waals surface area contributed by atoms with Crippen LogP contribution in [0.4, 0.5) is 14.5 Å². The first-order valence-electron chi connectivity index (χ1n) is 8.88. The molecular formula is C20H15ClF2N4O3. The zero-order chi connectivity index (χ0) is 21.3. The van der Waals surface area contributed by atoms with Gasteiger partial charge >= 0.3 is 0 Å². The molecule has 3 heterocycles. The molecule has 0 bridgehead atoms. The van der Waals surface area contributed by atoms with Gasteiger partial charge in [-0.25, -0.2) is 8.78 Å². The van der Waals surface area contributed by atoms with Crippen LogP contribution < -0.4 is 5.32 Å². The Labute approximate surface area is 174 Å². The number of nitrogens with zero attached hydrogens (tertiary/aromatic N) is 3. The van der Waals surface area contributed by atoms with Gasteiger partial charge in [-0.3, -0.25) is 9.48 Å². The van der Waals surface area contributed by atoms with E-state index in [0.717, 1.165) is 12.1 Å². The quantitative estimate of drug-likeness (QED) is 0.470. The maximum Gasteiger partial charge on any atom is 0.230 e. The fourth-order valence-electron chi connectivity index (χ4n) is 3.00. The van der Waals surface area contributed by atoms with E-state index in [9.17, 15) is 13.6 Å². The second kappa shape index (κ2) is 8.11. The van der Waals surface area contributed by atoms with Crippen molar-refractivity contribution in [1.29, 1.82) is 0 Å².